The maximum atomic E-state index is 13.2. The van der Waals surface area contributed by atoms with Crippen LogP contribution in [0.3, 0.4) is 0 Å². The van der Waals surface area contributed by atoms with Crippen molar-refractivity contribution in [3.05, 3.63) is 40.7 Å². The molecule has 1 rings (SSSR count). The van der Waals surface area contributed by atoms with Gasteiger partial charge in [-0.3, -0.25) is 0 Å². The summed E-state index contributed by atoms with van der Waals surface area (Å²) in [4.78, 5) is 0. The lowest BCUT2D eigenvalue weighted by molar-refractivity contribution is 0.163. The Morgan fingerprint density at radius 3 is 1.89 bits per heavy atom. The highest BCUT2D eigenvalue weighted by Crippen LogP contribution is 2.23. The molecule has 0 bridgehead atoms. The number of hydrogen-bond acceptors (Lipinski definition) is 1. The van der Waals surface area contributed by atoms with Crippen LogP contribution in [0, 0.1) is 29.1 Å². The van der Waals surface area contributed by atoms with Crippen LogP contribution in [0.15, 0.2) is 6.08 Å². The summed E-state index contributed by atoms with van der Waals surface area (Å²) in [6.07, 6.45) is 2.76. The first-order chi connectivity index (χ1) is 8.50. The maximum absolute atomic E-state index is 13.2. The van der Waals surface area contributed by atoms with E-state index in [1.54, 1.807) is 0 Å². The van der Waals surface area contributed by atoms with Crippen molar-refractivity contribution in [1.82, 2.24) is 0 Å². The molecule has 0 aliphatic heterocycles. The molecule has 0 saturated carbocycles. The molecule has 0 heterocycles. The van der Waals surface area contributed by atoms with E-state index in [2.05, 4.69) is 0 Å². The predicted molar refractivity (Wildman–Crippen MR) is 56.4 cm³/mol. The molecule has 18 heavy (non-hydrogen) atoms. The molecular formula is C12H11F5O. The van der Waals surface area contributed by atoms with Gasteiger partial charge in [0.05, 0.1) is 12.2 Å². The number of benzene rings is 1. The Bertz CT molecular complexity index is 427. The molecule has 0 saturated heterocycles. The molecule has 6 heteroatoms. The lowest BCUT2D eigenvalue weighted by atomic mass is 10.1. The molecule has 0 aromatic heterocycles. The summed E-state index contributed by atoms with van der Waals surface area (Å²) in [6, 6.07) is 0. The second kappa shape index (κ2) is 6.49. The second-order valence-corrected chi connectivity index (χ2v) is 3.46. The van der Waals surface area contributed by atoms with E-state index in [0.717, 1.165) is 12.5 Å². The zero-order valence-electron chi connectivity index (χ0n) is 9.57. The quantitative estimate of drug-likeness (QED) is 0.341. The van der Waals surface area contributed by atoms with E-state index in [-0.39, 0.29) is 6.61 Å². The molecule has 1 aromatic carbocycles. The summed E-state index contributed by atoms with van der Waals surface area (Å²) in [5, 5.41) is 0. The van der Waals surface area contributed by atoms with E-state index in [4.69, 9.17) is 4.74 Å². The highest BCUT2D eigenvalue weighted by atomic mass is 19.2. The fraction of sp³-hybridized carbons (Fsp3) is 0.333. The number of rotatable bonds is 5. The van der Waals surface area contributed by atoms with Crippen molar-refractivity contribution in [1.29, 1.82) is 0 Å². The fourth-order valence-electron chi connectivity index (χ4n) is 1.23. The first-order valence-electron chi connectivity index (χ1n) is 5.26. The summed E-state index contributed by atoms with van der Waals surface area (Å²) < 4.78 is 69.6. The van der Waals surface area contributed by atoms with Crippen LogP contribution < -0.4 is 0 Å². The second-order valence-electron chi connectivity index (χ2n) is 3.46. The van der Waals surface area contributed by atoms with E-state index in [1.807, 2.05) is 6.92 Å². The largest absolute Gasteiger partial charge is 0.377 e. The van der Waals surface area contributed by atoms with Crippen LogP contribution >= 0.6 is 0 Å². The molecule has 1 aromatic rings. The molecule has 100 valence electrons. The molecule has 1 nitrogen and oxygen atoms in total. The zero-order chi connectivity index (χ0) is 13.7. The summed E-state index contributed by atoms with van der Waals surface area (Å²) in [7, 11) is 0. The Balaban J connectivity index is 2.96. The molecule has 0 N–H and O–H groups in total. The third kappa shape index (κ3) is 3.07. The predicted octanol–water partition coefficient (Wildman–Crippen LogP) is 3.82. The van der Waals surface area contributed by atoms with Crippen molar-refractivity contribution < 1.29 is 26.7 Å². The normalized spacial score (nSPS) is 11.4. The third-order valence-corrected chi connectivity index (χ3v) is 2.09. The summed E-state index contributed by atoms with van der Waals surface area (Å²) in [6.45, 7) is 2.35. The van der Waals surface area contributed by atoms with Gasteiger partial charge in [-0.2, -0.15) is 0 Å². The van der Waals surface area contributed by atoms with Crippen LogP contribution in [0.25, 0.3) is 6.08 Å². The van der Waals surface area contributed by atoms with Crippen molar-refractivity contribution in [3.63, 3.8) is 0 Å². The van der Waals surface area contributed by atoms with Crippen molar-refractivity contribution in [2.24, 2.45) is 0 Å². The lowest BCUT2D eigenvalue weighted by Crippen LogP contribution is -2.04. The SMILES string of the molecule is CCCOCC=Cc1c(F)c(F)c(F)c(F)c1F. The van der Waals surface area contributed by atoms with E-state index in [9.17, 15) is 22.0 Å². The number of hydrogen-bond donors (Lipinski definition) is 0. The van der Waals surface area contributed by atoms with Crippen molar-refractivity contribution in [2.75, 3.05) is 13.2 Å². The first-order valence-corrected chi connectivity index (χ1v) is 5.26. The van der Waals surface area contributed by atoms with Crippen LogP contribution in [0.4, 0.5) is 22.0 Å². The average molecular weight is 266 g/mol. The molecule has 0 fully saturated rings. The Hall–Kier alpha value is -1.43. The van der Waals surface area contributed by atoms with Gasteiger partial charge in [-0.25, -0.2) is 22.0 Å². The Labute approximate surface area is 101 Å². The van der Waals surface area contributed by atoms with Gasteiger partial charge in [0.2, 0.25) is 5.82 Å². The molecule has 0 atom stereocenters. The van der Waals surface area contributed by atoms with Gasteiger partial charge >= 0.3 is 0 Å². The molecule has 0 spiro atoms. The van der Waals surface area contributed by atoms with Gasteiger partial charge in [-0.1, -0.05) is 19.1 Å². The zero-order valence-corrected chi connectivity index (χ0v) is 9.57. The van der Waals surface area contributed by atoms with Crippen molar-refractivity contribution in [2.45, 2.75) is 13.3 Å². The lowest BCUT2D eigenvalue weighted by Gasteiger charge is -2.04. The van der Waals surface area contributed by atoms with Crippen LogP contribution in [-0.4, -0.2) is 13.2 Å². The smallest absolute Gasteiger partial charge is 0.200 e. The van der Waals surface area contributed by atoms with Crippen LogP contribution in [0.2, 0.25) is 0 Å². The summed E-state index contributed by atoms with van der Waals surface area (Å²) in [5.74, 6) is -9.77. The maximum Gasteiger partial charge on any atom is 0.200 e. The molecule has 0 unspecified atom stereocenters. The highest BCUT2D eigenvalue weighted by Gasteiger charge is 2.23. The summed E-state index contributed by atoms with van der Waals surface area (Å²) >= 11 is 0. The van der Waals surface area contributed by atoms with Gasteiger partial charge in [-0.15, -0.1) is 0 Å². The monoisotopic (exact) mass is 266 g/mol. The third-order valence-electron chi connectivity index (χ3n) is 2.09. The molecule has 0 amide bonds. The van der Waals surface area contributed by atoms with E-state index in [1.165, 1.54) is 6.08 Å². The Kier molecular flexibility index (Phi) is 5.27. The van der Waals surface area contributed by atoms with Crippen molar-refractivity contribution >= 4 is 6.08 Å². The van der Waals surface area contributed by atoms with E-state index in [0.29, 0.717) is 6.61 Å². The van der Waals surface area contributed by atoms with Gasteiger partial charge in [0.25, 0.3) is 0 Å². The van der Waals surface area contributed by atoms with Crippen LogP contribution in [0.1, 0.15) is 18.9 Å². The minimum Gasteiger partial charge on any atom is -0.377 e. The van der Waals surface area contributed by atoms with Gasteiger partial charge < -0.3 is 4.74 Å². The number of ether oxygens (including phenoxy) is 1. The fourth-order valence-corrected chi connectivity index (χ4v) is 1.23. The Morgan fingerprint density at radius 2 is 1.39 bits per heavy atom. The van der Waals surface area contributed by atoms with Crippen LogP contribution in [0.5, 0.6) is 0 Å². The van der Waals surface area contributed by atoms with Gasteiger partial charge in [-0.05, 0) is 6.42 Å². The molecule has 0 radical (unpaired) electrons. The number of halogens is 5. The highest BCUT2D eigenvalue weighted by molar-refractivity contribution is 5.51. The minimum atomic E-state index is -2.16. The van der Waals surface area contributed by atoms with Gasteiger partial charge in [0, 0.05) is 6.61 Å². The summed E-state index contributed by atoms with van der Waals surface area (Å²) in [5.41, 5.74) is -0.966. The van der Waals surface area contributed by atoms with Gasteiger partial charge in [0.1, 0.15) is 0 Å². The standard InChI is InChI=1S/C12H11F5O/c1-2-5-18-6-3-4-7-8(13)10(15)12(17)11(16)9(7)14/h3-4H,2,5-6H2,1H3. The van der Waals surface area contributed by atoms with Crippen LogP contribution in [-0.2, 0) is 4.74 Å². The molecule has 0 aliphatic rings. The van der Waals surface area contributed by atoms with E-state index < -0.39 is 34.6 Å². The average Bonchev–Trinajstić information content (AvgIpc) is 2.37. The molecular weight excluding hydrogens is 255 g/mol. The Morgan fingerprint density at radius 1 is 0.889 bits per heavy atom. The molecule has 0 aliphatic carbocycles. The topological polar surface area (TPSA) is 9.23 Å². The van der Waals surface area contributed by atoms with Gasteiger partial charge in [0.15, 0.2) is 23.3 Å². The first kappa shape index (κ1) is 14.6. The van der Waals surface area contributed by atoms with E-state index >= 15 is 0 Å². The van der Waals surface area contributed by atoms with Crippen molar-refractivity contribution in [3.8, 4) is 0 Å². The minimum absolute atomic E-state index is 0.0351.